The molecule has 0 heterocycles. The molecule has 4 amide bonds. The summed E-state index contributed by atoms with van der Waals surface area (Å²) in [6.45, 7) is 3.91. The van der Waals surface area contributed by atoms with E-state index in [2.05, 4.69) is 16.0 Å². The molecule has 12 heteroatoms. The topological polar surface area (TPSA) is 220 Å². The van der Waals surface area contributed by atoms with Crippen LogP contribution in [-0.2, 0) is 30.4 Å². The van der Waals surface area contributed by atoms with E-state index in [0.717, 1.165) is 5.56 Å². The fourth-order valence-corrected chi connectivity index (χ4v) is 3.62. The molecule has 1 aromatic rings. The minimum atomic E-state index is -1.37. The van der Waals surface area contributed by atoms with Crippen LogP contribution in [0.3, 0.4) is 0 Å². The van der Waals surface area contributed by atoms with Crippen molar-refractivity contribution in [1.29, 1.82) is 0 Å². The van der Waals surface area contributed by atoms with Crippen molar-refractivity contribution in [3.05, 3.63) is 35.9 Å². The minimum Gasteiger partial charge on any atom is -0.480 e. The highest BCUT2D eigenvalue weighted by Crippen LogP contribution is 2.11. The highest BCUT2D eigenvalue weighted by Gasteiger charge is 2.33. The van der Waals surface area contributed by atoms with Crippen LogP contribution in [0, 0.1) is 5.92 Å². The van der Waals surface area contributed by atoms with Crippen molar-refractivity contribution < 1.29 is 29.1 Å². The van der Waals surface area contributed by atoms with Crippen molar-refractivity contribution >= 4 is 29.6 Å². The Bertz CT molecular complexity index is 912. The Labute approximate surface area is 217 Å². The first-order valence-corrected chi connectivity index (χ1v) is 12.4. The van der Waals surface area contributed by atoms with Crippen LogP contribution in [0.4, 0.5) is 0 Å². The maximum absolute atomic E-state index is 13.1. The van der Waals surface area contributed by atoms with Gasteiger partial charge in [-0.1, -0.05) is 50.6 Å². The van der Waals surface area contributed by atoms with Gasteiger partial charge in [0.25, 0.3) is 0 Å². The Morgan fingerprint density at radius 2 is 1.54 bits per heavy atom. The van der Waals surface area contributed by atoms with Gasteiger partial charge in [0.1, 0.15) is 18.1 Å². The fraction of sp³-hybridized carbons (Fsp3) is 0.560. The number of hydrogen-bond acceptors (Lipinski definition) is 7. The molecule has 1 rings (SSSR count). The van der Waals surface area contributed by atoms with Crippen molar-refractivity contribution in [2.45, 2.75) is 76.5 Å². The van der Waals surface area contributed by atoms with Gasteiger partial charge in [-0.2, -0.15) is 0 Å². The number of nitrogens with two attached hydrogens (primary N) is 3. The molecule has 0 fully saturated rings. The highest BCUT2D eigenvalue weighted by molar-refractivity contribution is 5.96. The Morgan fingerprint density at radius 1 is 0.919 bits per heavy atom. The number of carbonyl (C=O) groups is 5. The number of primary amides is 1. The monoisotopic (exact) mass is 520 g/mol. The second-order valence-corrected chi connectivity index (χ2v) is 9.08. The molecular weight excluding hydrogens is 480 g/mol. The number of amides is 4. The van der Waals surface area contributed by atoms with Crippen LogP contribution in [0.25, 0.3) is 0 Å². The summed E-state index contributed by atoms with van der Waals surface area (Å²) in [5, 5.41) is 16.9. The molecule has 0 spiro atoms. The summed E-state index contributed by atoms with van der Waals surface area (Å²) in [6.07, 6.45) is 1.46. The van der Waals surface area contributed by atoms with Gasteiger partial charge in [-0.25, -0.2) is 4.79 Å². The van der Waals surface area contributed by atoms with Gasteiger partial charge in [0.05, 0.1) is 12.5 Å². The zero-order valence-corrected chi connectivity index (χ0v) is 21.4. The molecule has 10 N–H and O–H groups in total. The van der Waals surface area contributed by atoms with E-state index in [-0.39, 0.29) is 18.8 Å². The van der Waals surface area contributed by atoms with E-state index in [1.165, 1.54) is 0 Å². The molecule has 0 radical (unpaired) electrons. The van der Waals surface area contributed by atoms with Gasteiger partial charge in [-0.15, -0.1) is 0 Å². The Balaban J connectivity index is 2.96. The molecule has 5 atom stereocenters. The average Bonchev–Trinajstić information content (AvgIpc) is 2.85. The Hall–Kier alpha value is -3.51. The van der Waals surface area contributed by atoms with Gasteiger partial charge >= 0.3 is 5.97 Å². The van der Waals surface area contributed by atoms with Gasteiger partial charge in [0.2, 0.25) is 23.6 Å². The normalized spacial score (nSPS) is 14.9. The Morgan fingerprint density at radius 3 is 2.08 bits per heavy atom. The van der Waals surface area contributed by atoms with Crippen LogP contribution in [0.2, 0.25) is 0 Å². The predicted molar refractivity (Wildman–Crippen MR) is 138 cm³/mol. The molecule has 0 saturated carbocycles. The molecule has 206 valence electrons. The first kappa shape index (κ1) is 31.5. The van der Waals surface area contributed by atoms with E-state index in [4.69, 9.17) is 17.2 Å². The maximum atomic E-state index is 13.1. The number of benzene rings is 1. The Kier molecular flexibility index (Phi) is 13.9. The lowest BCUT2D eigenvalue weighted by atomic mass is 9.96. The zero-order chi connectivity index (χ0) is 28.0. The van der Waals surface area contributed by atoms with Gasteiger partial charge in [0.15, 0.2) is 0 Å². The molecule has 0 aliphatic rings. The number of carboxylic acids is 1. The summed E-state index contributed by atoms with van der Waals surface area (Å²) in [7, 11) is 0. The van der Waals surface area contributed by atoms with Crippen molar-refractivity contribution in [2.75, 3.05) is 6.54 Å². The third kappa shape index (κ3) is 11.4. The second-order valence-electron chi connectivity index (χ2n) is 9.08. The molecule has 5 unspecified atom stereocenters. The van der Waals surface area contributed by atoms with Crippen molar-refractivity contribution in [2.24, 2.45) is 23.1 Å². The first-order chi connectivity index (χ1) is 17.5. The first-order valence-electron chi connectivity index (χ1n) is 12.4. The summed E-state index contributed by atoms with van der Waals surface area (Å²) >= 11 is 0. The molecule has 37 heavy (non-hydrogen) atoms. The number of carboxylic acid groups (broad SMARTS) is 1. The third-order valence-corrected chi connectivity index (χ3v) is 6.03. The zero-order valence-electron chi connectivity index (χ0n) is 21.4. The smallest absolute Gasteiger partial charge is 0.326 e. The maximum Gasteiger partial charge on any atom is 0.326 e. The number of aliphatic carboxylic acids is 1. The lowest BCUT2D eigenvalue weighted by Crippen LogP contribution is -2.59. The van der Waals surface area contributed by atoms with E-state index < -0.39 is 60.2 Å². The standard InChI is InChI=1S/C25H40N6O6/c1-3-15(2)21(24(35)29-18(25(36)37)11-7-8-12-26)31-23(34)19(14-20(28)32)30-22(33)17(27)13-16-9-5-4-6-10-16/h4-6,9-10,15,17-19,21H,3,7-8,11-14,26-27H2,1-2H3,(H2,28,32)(H,29,35)(H,30,33)(H,31,34)(H,36,37). The van der Waals surface area contributed by atoms with Crippen molar-refractivity contribution in [3.63, 3.8) is 0 Å². The van der Waals surface area contributed by atoms with Crippen LogP contribution in [0.15, 0.2) is 30.3 Å². The van der Waals surface area contributed by atoms with Crippen LogP contribution in [0.1, 0.15) is 51.5 Å². The van der Waals surface area contributed by atoms with E-state index >= 15 is 0 Å². The molecule has 0 bridgehead atoms. The van der Waals surface area contributed by atoms with Crippen LogP contribution >= 0.6 is 0 Å². The SMILES string of the molecule is CCC(C)C(NC(=O)C(CC(N)=O)NC(=O)C(N)Cc1ccccc1)C(=O)NC(CCCCN)C(=O)O. The number of nitrogens with one attached hydrogen (secondary N) is 3. The number of rotatable bonds is 17. The van der Waals surface area contributed by atoms with Crippen LogP contribution < -0.4 is 33.2 Å². The van der Waals surface area contributed by atoms with E-state index in [1.807, 2.05) is 6.07 Å². The van der Waals surface area contributed by atoms with Crippen LogP contribution in [0.5, 0.6) is 0 Å². The quantitative estimate of drug-likeness (QED) is 0.128. The summed E-state index contributed by atoms with van der Waals surface area (Å²) < 4.78 is 0. The molecule has 0 saturated heterocycles. The summed E-state index contributed by atoms with van der Waals surface area (Å²) in [5.41, 5.74) is 17.5. The average molecular weight is 521 g/mol. The molecule has 0 aliphatic heterocycles. The van der Waals surface area contributed by atoms with Gasteiger partial charge < -0.3 is 38.3 Å². The van der Waals surface area contributed by atoms with Crippen molar-refractivity contribution in [3.8, 4) is 0 Å². The third-order valence-electron chi connectivity index (χ3n) is 6.03. The number of unbranched alkanes of at least 4 members (excludes halogenated alkanes) is 1. The molecule has 12 nitrogen and oxygen atoms in total. The summed E-state index contributed by atoms with van der Waals surface area (Å²) in [4.78, 5) is 62.0. The van der Waals surface area contributed by atoms with Gasteiger partial charge in [-0.3, -0.25) is 19.2 Å². The molecule has 0 aliphatic carbocycles. The van der Waals surface area contributed by atoms with E-state index in [0.29, 0.717) is 25.8 Å². The summed E-state index contributed by atoms with van der Waals surface area (Å²) in [6, 6.07) is 4.40. The number of hydrogen-bond donors (Lipinski definition) is 7. The molecule has 1 aromatic carbocycles. The highest BCUT2D eigenvalue weighted by atomic mass is 16.4. The van der Waals surface area contributed by atoms with Crippen LogP contribution in [-0.4, -0.2) is 65.4 Å². The largest absolute Gasteiger partial charge is 0.480 e. The van der Waals surface area contributed by atoms with E-state index in [1.54, 1.807) is 38.1 Å². The number of carbonyl (C=O) groups excluding carboxylic acids is 4. The molecular formula is C25H40N6O6. The molecule has 0 aromatic heterocycles. The van der Waals surface area contributed by atoms with Gasteiger partial charge in [0, 0.05) is 0 Å². The predicted octanol–water partition coefficient (Wildman–Crippen LogP) is -0.854. The second kappa shape index (κ2) is 16.3. The fourth-order valence-electron chi connectivity index (χ4n) is 3.62. The van der Waals surface area contributed by atoms with Crippen molar-refractivity contribution in [1.82, 2.24) is 16.0 Å². The lowest BCUT2D eigenvalue weighted by molar-refractivity contribution is -0.143. The van der Waals surface area contributed by atoms with E-state index in [9.17, 15) is 29.1 Å². The minimum absolute atomic E-state index is 0.180. The lowest BCUT2D eigenvalue weighted by Gasteiger charge is -2.28. The van der Waals surface area contributed by atoms with Gasteiger partial charge in [-0.05, 0) is 43.7 Å². The summed E-state index contributed by atoms with van der Waals surface area (Å²) in [5.74, 6) is -4.59.